The molecule has 3 N–H and O–H groups in total. The maximum absolute atomic E-state index is 11.3. The van der Waals surface area contributed by atoms with Gasteiger partial charge in [-0.2, -0.15) is 0 Å². The molecule has 0 fully saturated rings. The molecule has 4 nitrogen and oxygen atoms in total. The Bertz CT molecular complexity index is 335. The summed E-state index contributed by atoms with van der Waals surface area (Å²) in [5, 5.41) is 14.6. The maximum Gasteiger partial charge on any atom is 0.251 e. The lowest BCUT2D eigenvalue weighted by molar-refractivity contribution is 0.0963. The van der Waals surface area contributed by atoms with Crippen molar-refractivity contribution in [2.45, 2.75) is 19.5 Å². The fourth-order valence-electron chi connectivity index (χ4n) is 1.27. The summed E-state index contributed by atoms with van der Waals surface area (Å²) in [5.41, 5.74) is 1.74. The number of amides is 1. The molecule has 1 aromatic carbocycles. The van der Waals surface area contributed by atoms with E-state index in [-0.39, 0.29) is 18.6 Å². The Hall–Kier alpha value is -1.39. The first-order valence-corrected chi connectivity index (χ1v) is 5.32. The number of aliphatic hydroxyl groups excluding tert-OH is 1. The normalized spacial score (nSPS) is 12.2. The molecular formula is C12H18N2O2. The zero-order chi connectivity index (χ0) is 12.0. The minimum atomic E-state index is -0.0803. The summed E-state index contributed by atoms with van der Waals surface area (Å²) in [6.45, 7) is 2.73. The number of aliphatic hydroxyl groups is 1. The number of carbonyl (C=O) groups excluding carboxylic acids is 1. The van der Waals surface area contributed by atoms with Crippen molar-refractivity contribution < 1.29 is 9.90 Å². The van der Waals surface area contributed by atoms with Gasteiger partial charge in [0.05, 0.1) is 6.61 Å². The minimum absolute atomic E-state index is 0.0803. The van der Waals surface area contributed by atoms with Crippen LogP contribution in [-0.2, 0) is 6.54 Å². The zero-order valence-electron chi connectivity index (χ0n) is 9.66. The van der Waals surface area contributed by atoms with Crippen LogP contribution < -0.4 is 10.6 Å². The van der Waals surface area contributed by atoms with E-state index in [9.17, 15) is 4.79 Å². The summed E-state index contributed by atoms with van der Waals surface area (Å²) in [6.07, 6.45) is 0. The van der Waals surface area contributed by atoms with Gasteiger partial charge in [-0.1, -0.05) is 12.1 Å². The van der Waals surface area contributed by atoms with Crippen LogP contribution in [0.2, 0.25) is 0 Å². The molecule has 0 saturated carbocycles. The van der Waals surface area contributed by atoms with Crippen LogP contribution in [0.25, 0.3) is 0 Å². The quantitative estimate of drug-likeness (QED) is 0.680. The first kappa shape index (κ1) is 12.7. The predicted octanol–water partition coefficient (Wildman–Crippen LogP) is 0.517. The van der Waals surface area contributed by atoms with Crippen molar-refractivity contribution >= 4 is 5.91 Å². The molecule has 0 heterocycles. The number of nitrogens with one attached hydrogen (secondary N) is 2. The van der Waals surface area contributed by atoms with E-state index in [1.165, 1.54) is 0 Å². The first-order valence-electron chi connectivity index (χ1n) is 5.32. The van der Waals surface area contributed by atoms with Gasteiger partial charge >= 0.3 is 0 Å². The van der Waals surface area contributed by atoms with E-state index in [1.807, 2.05) is 19.1 Å². The Labute approximate surface area is 95.7 Å². The van der Waals surface area contributed by atoms with Crippen LogP contribution in [0, 0.1) is 0 Å². The van der Waals surface area contributed by atoms with Gasteiger partial charge in [0.15, 0.2) is 0 Å². The molecule has 0 aromatic heterocycles. The summed E-state index contributed by atoms with van der Waals surface area (Å²) < 4.78 is 0. The van der Waals surface area contributed by atoms with E-state index >= 15 is 0 Å². The van der Waals surface area contributed by atoms with Crippen LogP contribution in [0.3, 0.4) is 0 Å². The Kier molecular flexibility index (Phi) is 4.95. The molecule has 1 rings (SSSR count). The Morgan fingerprint density at radius 2 is 2.00 bits per heavy atom. The summed E-state index contributed by atoms with van der Waals surface area (Å²) in [4.78, 5) is 11.3. The highest BCUT2D eigenvalue weighted by molar-refractivity contribution is 5.93. The molecule has 0 bridgehead atoms. The van der Waals surface area contributed by atoms with Crippen LogP contribution in [0.1, 0.15) is 22.8 Å². The lowest BCUT2D eigenvalue weighted by Crippen LogP contribution is -2.28. The van der Waals surface area contributed by atoms with Crippen molar-refractivity contribution in [3.63, 3.8) is 0 Å². The second-order valence-electron chi connectivity index (χ2n) is 3.74. The minimum Gasteiger partial charge on any atom is -0.395 e. The van der Waals surface area contributed by atoms with E-state index in [2.05, 4.69) is 10.6 Å². The van der Waals surface area contributed by atoms with E-state index < -0.39 is 0 Å². The number of rotatable bonds is 5. The van der Waals surface area contributed by atoms with Gasteiger partial charge in [0.1, 0.15) is 0 Å². The third kappa shape index (κ3) is 3.64. The summed E-state index contributed by atoms with van der Waals surface area (Å²) in [7, 11) is 1.61. The SMILES string of the molecule is CNC(=O)c1ccc(CN[C@@H](C)CO)cc1. The van der Waals surface area contributed by atoms with Gasteiger partial charge in [-0.05, 0) is 24.6 Å². The fourth-order valence-corrected chi connectivity index (χ4v) is 1.27. The number of hydrogen-bond acceptors (Lipinski definition) is 3. The average molecular weight is 222 g/mol. The van der Waals surface area contributed by atoms with Gasteiger partial charge in [-0.15, -0.1) is 0 Å². The molecule has 0 aliphatic rings. The summed E-state index contributed by atoms with van der Waals surface area (Å²) in [5.74, 6) is -0.0803. The smallest absolute Gasteiger partial charge is 0.251 e. The standard InChI is InChI=1S/C12H18N2O2/c1-9(8-15)14-7-10-3-5-11(6-4-10)12(16)13-2/h3-6,9,14-15H,7-8H2,1-2H3,(H,13,16)/t9-/m0/s1. The zero-order valence-corrected chi connectivity index (χ0v) is 9.66. The first-order chi connectivity index (χ1) is 7.67. The van der Waals surface area contributed by atoms with Crippen molar-refractivity contribution in [1.29, 1.82) is 0 Å². The van der Waals surface area contributed by atoms with Gasteiger partial charge in [0, 0.05) is 25.2 Å². The van der Waals surface area contributed by atoms with Gasteiger partial charge in [0.25, 0.3) is 5.91 Å². The molecule has 0 unspecified atom stereocenters. The maximum atomic E-state index is 11.3. The van der Waals surface area contributed by atoms with E-state index in [1.54, 1.807) is 19.2 Å². The van der Waals surface area contributed by atoms with E-state index in [4.69, 9.17) is 5.11 Å². The van der Waals surface area contributed by atoms with Crippen molar-refractivity contribution in [2.75, 3.05) is 13.7 Å². The average Bonchev–Trinajstić information content (AvgIpc) is 2.35. The second-order valence-corrected chi connectivity index (χ2v) is 3.74. The van der Waals surface area contributed by atoms with E-state index in [0.29, 0.717) is 12.1 Å². The lowest BCUT2D eigenvalue weighted by atomic mass is 10.1. The molecule has 0 spiro atoms. The van der Waals surface area contributed by atoms with Gasteiger partial charge in [0.2, 0.25) is 0 Å². The highest BCUT2D eigenvalue weighted by Crippen LogP contribution is 2.04. The number of carbonyl (C=O) groups is 1. The van der Waals surface area contributed by atoms with Crippen LogP contribution in [0.15, 0.2) is 24.3 Å². The lowest BCUT2D eigenvalue weighted by Gasteiger charge is -2.10. The Balaban J connectivity index is 2.54. The molecule has 0 saturated heterocycles. The molecule has 1 amide bonds. The number of benzene rings is 1. The molecule has 88 valence electrons. The van der Waals surface area contributed by atoms with Crippen molar-refractivity contribution in [3.05, 3.63) is 35.4 Å². The third-order valence-corrected chi connectivity index (χ3v) is 2.37. The predicted molar refractivity (Wildman–Crippen MR) is 63.2 cm³/mol. The molecule has 0 aliphatic heterocycles. The van der Waals surface area contributed by atoms with Crippen LogP contribution >= 0.6 is 0 Å². The Morgan fingerprint density at radius 3 is 2.50 bits per heavy atom. The van der Waals surface area contributed by atoms with E-state index in [0.717, 1.165) is 5.56 Å². The topological polar surface area (TPSA) is 61.4 Å². The van der Waals surface area contributed by atoms with Gasteiger partial charge in [-0.3, -0.25) is 4.79 Å². The van der Waals surface area contributed by atoms with Gasteiger partial charge < -0.3 is 15.7 Å². The highest BCUT2D eigenvalue weighted by atomic mass is 16.3. The molecule has 16 heavy (non-hydrogen) atoms. The van der Waals surface area contributed by atoms with Crippen molar-refractivity contribution in [3.8, 4) is 0 Å². The monoisotopic (exact) mass is 222 g/mol. The third-order valence-electron chi connectivity index (χ3n) is 2.37. The molecule has 1 aromatic rings. The number of hydrogen-bond donors (Lipinski definition) is 3. The molecular weight excluding hydrogens is 204 g/mol. The van der Waals surface area contributed by atoms with Crippen LogP contribution in [0.4, 0.5) is 0 Å². The molecule has 0 radical (unpaired) electrons. The Morgan fingerprint density at radius 1 is 1.38 bits per heavy atom. The fraction of sp³-hybridized carbons (Fsp3) is 0.417. The van der Waals surface area contributed by atoms with Gasteiger partial charge in [-0.25, -0.2) is 0 Å². The highest BCUT2D eigenvalue weighted by Gasteiger charge is 2.03. The molecule has 1 atom stereocenters. The largest absolute Gasteiger partial charge is 0.395 e. The second kappa shape index (κ2) is 6.25. The molecule has 0 aliphatic carbocycles. The summed E-state index contributed by atoms with van der Waals surface area (Å²) in [6, 6.07) is 7.47. The summed E-state index contributed by atoms with van der Waals surface area (Å²) >= 11 is 0. The van der Waals surface area contributed by atoms with Crippen molar-refractivity contribution in [2.24, 2.45) is 0 Å². The van der Waals surface area contributed by atoms with Crippen LogP contribution in [0.5, 0.6) is 0 Å². The van der Waals surface area contributed by atoms with Crippen molar-refractivity contribution in [1.82, 2.24) is 10.6 Å². The van der Waals surface area contributed by atoms with Crippen LogP contribution in [-0.4, -0.2) is 30.7 Å². The molecule has 4 heteroatoms.